The summed E-state index contributed by atoms with van der Waals surface area (Å²) in [5.74, 6) is 0.505. The fourth-order valence-electron chi connectivity index (χ4n) is 4.99. The Labute approximate surface area is 196 Å². The lowest BCUT2D eigenvalue weighted by atomic mass is 9.97. The molecule has 170 valence electrons. The van der Waals surface area contributed by atoms with Crippen LogP contribution in [0.1, 0.15) is 47.4 Å². The van der Waals surface area contributed by atoms with Crippen LogP contribution in [-0.2, 0) is 30.7 Å². The molecule has 4 heterocycles. The van der Waals surface area contributed by atoms with Crippen molar-refractivity contribution in [1.29, 1.82) is 0 Å². The van der Waals surface area contributed by atoms with Gasteiger partial charge in [-0.1, -0.05) is 6.07 Å². The summed E-state index contributed by atoms with van der Waals surface area (Å²) in [6, 6.07) is 4.30. The largest absolute Gasteiger partial charge is 0.356 e. The minimum Gasteiger partial charge on any atom is -0.356 e. The van der Waals surface area contributed by atoms with Gasteiger partial charge in [-0.25, -0.2) is 4.98 Å². The van der Waals surface area contributed by atoms with E-state index >= 15 is 0 Å². The molecule has 0 radical (unpaired) electrons. The first kappa shape index (κ1) is 21.8. The van der Waals surface area contributed by atoms with E-state index < -0.39 is 0 Å². The van der Waals surface area contributed by atoms with Crippen molar-refractivity contribution >= 4 is 38.8 Å². The Hall–Kier alpha value is -2.03. The first-order valence-electron chi connectivity index (χ1n) is 11.7. The average Bonchev–Trinajstić information content (AvgIpc) is 3.45. The smallest absolute Gasteiger partial charge is 0.262 e. The molecule has 6 nitrogen and oxygen atoms in total. The van der Waals surface area contributed by atoms with E-state index in [2.05, 4.69) is 32.7 Å². The van der Waals surface area contributed by atoms with E-state index in [4.69, 9.17) is 0 Å². The summed E-state index contributed by atoms with van der Waals surface area (Å²) in [7, 11) is 0. The first-order chi connectivity index (χ1) is 15.7. The summed E-state index contributed by atoms with van der Waals surface area (Å²) < 4.78 is 1.62. The zero-order valence-electron chi connectivity index (χ0n) is 18.3. The molecule has 2 aliphatic rings. The number of likely N-dealkylation sites (tertiary alicyclic amines) is 1. The molecular formula is C24H30N4O2S2. The van der Waals surface area contributed by atoms with Crippen LogP contribution in [0.2, 0.25) is 0 Å². The van der Waals surface area contributed by atoms with Crippen molar-refractivity contribution in [2.45, 2.75) is 58.0 Å². The van der Waals surface area contributed by atoms with E-state index in [1.807, 2.05) is 0 Å². The molecule has 1 saturated heterocycles. The topological polar surface area (TPSA) is 67.2 Å². The highest BCUT2D eigenvalue weighted by atomic mass is 32.1. The number of piperidine rings is 1. The molecule has 1 fully saturated rings. The van der Waals surface area contributed by atoms with Gasteiger partial charge in [-0.2, -0.15) is 0 Å². The van der Waals surface area contributed by atoms with Gasteiger partial charge in [0.15, 0.2) is 0 Å². The second kappa shape index (κ2) is 9.85. The molecule has 0 aromatic carbocycles. The third-order valence-electron chi connectivity index (χ3n) is 6.67. The molecule has 1 unspecified atom stereocenters. The molecule has 0 saturated carbocycles. The summed E-state index contributed by atoms with van der Waals surface area (Å²) in [5.41, 5.74) is 1.22. The molecule has 1 amide bonds. The molecule has 3 aromatic heterocycles. The number of aryl methyl sites for hydroxylation is 3. The first-order valence-corrected chi connectivity index (χ1v) is 13.4. The Morgan fingerprint density at radius 1 is 1.25 bits per heavy atom. The van der Waals surface area contributed by atoms with Gasteiger partial charge in [0, 0.05) is 42.4 Å². The third kappa shape index (κ3) is 4.82. The summed E-state index contributed by atoms with van der Waals surface area (Å²) in [6.07, 6.45) is 8.63. The molecule has 1 atom stereocenters. The lowest BCUT2D eigenvalue weighted by Crippen LogP contribution is -2.40. The van der Waals surface area contributed by atoms with Gasteiger partial charge in [-0.05, 0) is 68.0 Å². The van der Waals surface area contributed by atoms with Crippen LogP contribution in [0.5, 0.6) is 0 Å². The van der Waals surface area contributed by atoms with Crippen LogP contribution in [0.4, 0.5) is 0 Å². The van der Waals surface area contributed by atoms with E-state index in [-0.39, 0.29) is 11.5 Å². The minimum absolute atomic E-state index is 0.0127. The molecular weight excluding hydrogens is 440 g/mol. The van der Waals surface area contributed by atoms with Gasteiger partial charge in [0.05, 0.1) is 11.7 Å². The van der Waals surface area contributed by atoms with Crippen molar-refractivity contribution in [2.24, 2.45) is 5.92 Å². The highest BCUT2D eigenvalue weighted by molar-refractivity contribution is 7.18. The van der Waals surface area contributed by atoms with Crippen molar-refractivity contribution in [3.8, 4) is 0 Å². The van der Waals surface area contributed by atoms with Gasteiger partial charge in [-0.15, -0.1) is 22.7 Å². The average molecular weight is 471 g/mol. The van der Waals surface area contributed by atoms with Crippen LogP contribution in [-0.4, -0.2) is 40.0 Å². The van der Waals surface area contributed by atoms with E-state index in [1.165, 1.54) is 28.2 Å². The van der Waals surface area contributed by atoms with Gasteiger partial charge in [0.25, 0.3) is 5.56 Å². The van der Waals surface area contributed by atoms with Crippen LogP contribution in [0.15, 0.2) is 28.6 Å². The van der Waals surface area contributed by atoms with E-state index in [0.29, 0.717) is 25.4 Å². The number of aromatic nitrogens is 2. The van der Waals surface area contributed by atoms with Crippen LogP contribution in [0, 0.1) is 5.92 Å². The summed E-state index contributed by atoms with van der Waals surface area (Å²) in [4.78, 5) is 36.1. The van der Waals surface area contributed by atoms with Gasteiger partial charge in [-0.3, -0.25) is 19.1 Å². The lowest BCUT2D eigenvalue weighted by molar-refractivity contribution is -0.121. The highest BCUT2D eigenvalue weighted by Gasteiger charge is 2.22. The lowest BCUT2D eigenvalue weighted by Gasteiger charge is -2.32. The summed E-state index contributed by atoms with van der Waals surface area (Å²) >= 11 is 3.47. The van der Waals surface area contributed by atoms with E-state index in [9.17, 15) is 9.59 Å². The quantitative estimate of drug-likeness (QED) is 0.570. The van der Waals surface area contributed by atoms with Crippen molar-refractivity contribution in [2.75, 3.05) is 19.6 Å². The standard InChI is InChI=1S/C24H30N4O2S2/c29-21(25-13-17-5-3-10-27(14-17)15-18-6-4-12-31-18)9-11-28-16-26-23-22(24(28)30)19-7-1-2-8-20(19)32-23/h4,6,12,16-17H,1-3,5,7-11,13-15H2,(H,25,29). The third-order valence-corrected chi connectivity index (χ3v) is 8.73. The number of fused-ring (bicyclic) bond motifs is 3. The van der Waals surface area contributed by atoms with Crippen molar-refractivity contribution in [3.63, 3.8) is 0 Å². The van der Waals surface area contributed by atoms with Crippen molar-refractivity contribution in [3.05, 3.63) is 49.5 Å². The molecule has 3 aromatic rings. The Morgan fingerprint density at radius 3 is 3.03 bits per heavy atom. The number of hydrogen-bond donors (Lipinski definition) is 1. The molecule has 1 aliphatic heterocycles. The van der Waals surface area contributed by atoms with E-state index in [0.717, 1.165) is 55.5 Å². The van der Waals surface area contributed by atoms with Gasteiger partial charge >= 0.3 is 0 Å². The molecule has 1 aliphatic carbocycles. The number of hydrogen-bond acceptors (Lipinski definition) is 6. The number of amides is 1. The van der Waals surface area contributed by atoms with E-state index in [1.54, 1.807) is 33.6 Å². The maximum atomic E-state index is 13.0. The van der Waals surface area contributed by atoms with Crippen molar-refractivity contribution < 1.29 is 4.79 Å². The van der Waals surface area contributed by atoms with Crippen molar-refractivity contribution in [1.82, 2.24) is 19.8 Å². The highest BCUT2D eigenvalue weighted by Crippen LogP contribution is 2.33. The Morgan fingerprint density at radius 2 is 2.16 bits per heavy atom. The predicted molar refractivity (Wildman–Crippen MR) is 130 cm³/mol. The maximum absolute atomic E-state index is 13.0. The molecule has 1 N–H and O–H groups in total. The van der Waals surface area contributed by atoms with Crippen LogP contribution >= 0.6 is 22.7 Å². The normalized spacial score (nSPS) is 19.2. The molecule has 0 bridgehead atoms. The fourth-order valence-corrected chi connectivity index (χ4v) is 6.96. The minimum atomic E-state index is 0.0127. The van der Waals surface area contributed by atoms with Crippen LogP contribution < -0.4 is 10.9 Å². The Bertz CT molecular complexity index is 1140. The maximum Gasteiger partial charge on any atom is 0.262 e. The summed E-state index contributed by atoms with van der Waals surface area (Å²) in [6.45, 7) is 4.26. The number of rotatable bonds is 7. The Balaban J connectivity index is 1.14. The summed E-state index contributed by atoms with van der Waals surface area (Å²) in [5, 5.41) is 6.03. The molecule has 0 spiro atoms. The zero-order chi connectivity index (χ0) is 21.9. The Kier molecular flexibility index (Phi) is 6.71. The molecule has 32 heavy (non-hydrogen) atoms. The van der Waals surface area contributed by atoms with Crippen LogP contribution in [0.25, 0.3) is 10.2 Å². The molecule has 5 rings (SSSR count). The monoisotopic (exact) mass is 470 g/mol. The predicted octanol–water partition coefficient (Wildman–Crippen LogP) is 3.82. The molecule has 8 heteroatoms. The van der Waals surface area contributed by atoms with Gasteiger partial charge in [0.2, 0.25) is 5.91 Å². The number of carbonyl (C=O) groups is 1. The number of thiophene rings is 2. The van der Waals surface area contributed by atoms with Crippen LogP contribution in [0.3, 0.4) is 0 Å². The zero-order valence-corrected chi connectivity index (χ0v) is 20.0. The number of carbonyl (C=O) groups excluding carboxylic acids is 1. The second-order valence-electron chi connectivity index (χ2n) is 9.01. The number of nitrogens with zero attached hydrogens (tertiary/aromatic N) is 3. The SMILES string of the molecule is O=C(CCn1cnc2sc3c(c2c1=O)CCCC3)NCC1CCCN(Cc2cccs2)C1. The second-order valence-corrected chi connectivity index (χ2v) is 11.1. The number of nitrogens with one attached hydrogen (secondary N) is 1. The van der Waals surface area contributed by atoms with Gasteiger partial charge in [0.1, 0.15) is 4.83 Å². The fraction of sp³-hybridized carbons (Fsp3) is 0.542. The van der Waals surface area contributed by atoms with Gasteiger partial charge < -0.3 is 5.32 Å².